The lowest BCUT2D eigenvalue weighted by Gasteiger charge is -2.20. The van der Waals surface area contributed by atoms with E-state index in [1.807, 2.05) is 258 Å². The first-order valence-electron chi connectivity index (χ1n) is 40.0. The van der Waals surface area contributed by atoms with Crippen LogP contribution in [0.15, 0.2) is 320 Å². The van der Waals surface area contributed by atoms with Gasteiger partial charge in [-0.25, -0.2) is 0 Å². The van der Waals surface area contributed by atoms with Crippen LogP contribution in [0.3, 0.4) is 0 Å². The summed E-state index contributed by atoms with van der Waals surface area (Å²) < 4.78 is 10.7. The predicted octanol–water partition coefficient (Wildman–Crippen LogP) is 35.1. The molecule has 0 radical (unpaired) electrons. The minimum atomic E-state index is 0.160. The lowest BCUT2D eigenvalue weighted by Crippen LogP contribution is -2.14. The molecule has 0 N–H and O–H groups in total. The van der Waals surface area contributed by atoms with E-state index < -0.39 is 0 Å². The Labute approximate surface area is 646 Å². The van der Waals surface area contributed by atoms with Crippen molar-refractivity contribution in [3.05, 3.63) is 332 Å². The monoisotopic (exact) mass is 1430 g/mol. The zero-order valence-corrected chi connectivity index (χ0v) is 71.6. The van der Waals surface area contributed by atoms with Crippen LogP contribution in [0.1, 0.15) is 211 Å². The molecule has 0 saturated carbocycles. The van der Waals surface area contributed by atoms with Gasteiger partial charge in [0.05, 0.1) is 11.0 Å². The molecule has 0 amide bonds. The molecule has 3 heterocycles. The third-order valence-electron chi connectivity index (χ3n) is 14.5. The van der Waals surface area contributed by atoms with Gasteiger partial charge >= 0.3 is 0 Å². The van der Waals surface area contributed by atoms with Crippen LogP contribution in [0.2, 0.25) is 0 Å². The highest BCUT2D eigenvalue weighted by Gasteiger charge is 2.34. The van der Waals surface area contributed by atoms with E-state index in [2.05, 4.69) is 274 Å². The molecule has 16 rings (SSSR count). The van der Waals surface area contributed by atoms with Crippen LogP contribution >= 0.6 is 11.3 Å². The molecule has 1 aliphatic rings. The minimum absolute atomic E-state index is 0.160. The first kappa shape index (κ1) is 99.6. The average Bonchev–Trinajstić information content (AvgIpc) is 1.60. The number of fused-ring (bicyclic) bond motifs is 12. The molecule has 15 aromatic rings. The SMILES string of the molecule is CC.CC.CC.CC.CC.CC.CC.CC.CC.CC.CC.CC.CC.CC1(C)c2ccccc2-c2ccccc21.Cc1ccccc1.c1ccc(-c2ccccc2)cc1.c1ccc(-n2c3ccccc3c3ccccc32)cc1.c1ccc2c(c1)oc1ccccc12.c1ccc2c(c1)sc1ccccc12. The molecule has 12 aromatic carbocycles. The molecule has 1 aliphatic carbocycles. The van der Waals surface area contributed by atoms with Gasteiger partial charge in [-0.05, 0) is 88.8 Å². The van der Waals surface area contributed by atoms with Crippen molar-refractivity contribution in [3.63, 3.8) is 0 Å². The van der Waals surface area contributed by atoms with Crippen LogP contribution in [-0.2, 0) is 5.41 Å². The standard InChI is InChI=1S/C18H13N.C15H14.C12H8O.C12H8S.C12H10.C7H8.13C2H6/c1-2-8-14(9-3-1)19-17-12-6-4-10-15(17)16-11-5-7-13-18(16)19;1-15(2)13-9-5-3-7-11(13)12-8-4-6-10-14(12)15;2*1-3-7-11-9(5-1)10-6-2-4-8-12(10)13-11;1-3-7-11(8-4-1)12-9-5-2-6-10-12;1-7-5-3-2-4-6-7;13*1-2/h1-13H;3-10H,1-2H3;2*1-8H;1-10H;2-6H,1H3;13*1-2H3. The van der Waals surface area contributed by atoms with Crippen LogP contribution in [0, 0.1) is 6.92 Å². The maximum absolute atomic E-state index is 5.65. The molecule has 0 atom stereocenters. The molecule has 2 nitrogen and oxygen atoms in total. The number of benzene rings is 12. The molecular weight excluding hydrogens is 1290 g/mol. The van der Waals surface area contributed by atoms with Gasteiger partial charge in [0.15, 0.2) is 0 Å². The zero-order valence-electron chi connectivity index (χ0n) is 70.8. The third-order valence-corrected chi connectivity index (χ3v) is 15.6. The summed E-state index contributed by atoms with van der Waals surface area (Å²) in [6, 6.07) is 109. The van der Waals surface area contributed by atoms with Crippen LogP contribution in [-0.4, -0.2) is 4.57 Å². The van der Waals surface area contributed by atoms with Gasteiger partial charge < -0.3 is 8.98 Å². The number of aryl methyl sites for hydroxylation is 1. The van der Waals surface area contributed by atoms with Crippen molar-refractivity contribution in [1.29, 1.82) is 0 Å². The van der Waals surface area contributed by atoms with E-state index >= 15 is 0 Å². The van der Waals surface area contributed by atoms with Gasteiger partial charge in [0.25, 0.3) is 0 Å². The summed E-state index contributed by atoms with van der Waals surface area (Å²) in [4.78, 5) is 0. The predicted molar refractivity (Wildman–Crippen MR) is 488 cm³/mol. The fraction of sp³-hybridized carbons (Fsp3) is 0.294. The van der Waals surface area contributed by atoms with Gasteiger partial charge in [-0.3, -0.25) is 0 Å². The maximum atomic E-state index is 5.65. The number of hydrogen-bond donors (Lipinski definition) is 0. The Morgan fingerprint density at radius 2 is 0.486 bits per heavy atom. The van der Waals surface area contributed by atoms with Crippen molar-refractivity contribution in [1.82, 2.24) is 4.57 Å². The molecule has 564 valence electrons. The number of aromatic nitrogens is 1. The second-order valence-electron chi connectivity index (χ2n) is 20.0. The van der Waals surface area contributed by atoms with Crippen LogP contribution < -0.4 is 0 Å². The average molecular weight is 1430 g/mol. The number of hydrogen-bond acceptors (Lipinski definition) is 2. The second-order valence-corrected chi connectivity index (χ2v) is 21.1. The lowest BCUT2D eigenvalue weighted by atomic mass is 9.82. The normalized spacial score (nSPS) is 9.46. The molecular formula is C102H139NOS. The van der Waals surface area contributed by atoms with E-state index in [4.69, 9.17) is 4.42 Å². The van der Waals surface area contributed by atoms with Gasteiger partial charge in [0.1, 0.15) is 11.2 Å². The lowest BCUT2D eigenvalue weighted by molar-refractivity contribution is 0.660. The number of furan rings is 1. The largest absolute Gasteiger partial charge is 0.456 e. The fourth-order valence-corrected chi connectivity index (χ4v) is 11.7. The highest BCUT2D eigenvalue weighted by Crippen LogP contribution is 2.48. The summed E-state index contributed by atoms with van der Waals surface area (Å²) in [5.74, 6) is 0. The summed E-state index contributed by atoms with van der Waals surface area (Å²) >= 11 is 1.86. The second kappa shape index (κ2) is 64.1. The molecule has 3 heteroatoms. The van der Waals surface area contributed by atoms with E-state index in [9.17, 15) is 0 Å². The summed E-state index contributed by atoms with van der Waals surface area (Å²) in [6.07, 6.45) is 0. The first-order chi connectivity index (χ1) is 51.9. The Morgan fingerprint density at radius 1 is 0.238 bits per heavy atom. The Kier molecular flexibility index (Phi) is 60.8. The summed E-state index contributed by atoms with van der Waals surface area (Å²) in [5, 5.41) is 7.76. The van der Waals surface area contributed by atoms with Crippen molar-refractivity contribution < 1.29 is 4.42 Å². The molecule has 0 saturated heterocycles. The Bertz CT molecular complexity index is 4060. The van der Waals surface area contributed by atoms with Crippen molar-refractivity contribution in [2.24, 2.45) is 0 Å². The van der Waals surface area contributed by atoms with Crippen LogP contribution in [0.25, 0.3) is 91.9 Å². The summed E-state index contributed by atoms with van der Waals surface area (Å²) in [5.41, 5.74) is 15.4. The van der Waals surface area contributed by atoms with Crippen molar-refractivity contribution in [2.75, 3.05) is 0 Å². The van der Waals surface area contributed by atoms with E-state index in [0.29, 0.717) is 0 Å². The molecule has 0 unspecified atom stereocenters. The van der Waals surface area contributed by atoms with Crippen LogP contribution in [0.4, 0.5) is 0 Å². The van der Waals surface area contributed by atoms with Crippen molar-refractivity contribution in [3.8, 4) is 27.9 Å². The summed E-state index contributed by atoms with van der Waals surface area (Å²) in [6.45, 7) is 58.7. The van der Waals surface area contributed by atoms with E-state index in [1.54, 1.807) is 0 Å². The fourth-order valence-electron chi connectivity index (χ4n) is 10.6. The van der Waals surface area contributed by atoms with E-state index in [1.165, 1.54) is 97.4 Å². The van der Waals surface area contributed by atoms with Gasteiger partial charge in [0, 0.05) is 52.8 Å². The number of para-hydroxylation sites is 5. The molecule has 0 fully saturated rings. The van der Waals surface area contributed by atoms with Gasteiger partial charge in [-0.2, -0.15) is 0 Å². The third kappa shape index (κ3) is 30.6. The molecule has 3 aromatic heterocycles. The Balaban J connectivity index is -0.00000113. The maximum Gasteiger partial charge on any atom is 0.135 e. The molecule has 0 bridgehead atoms. The summed E-state index contributed by atoms with van der Waals surface area (Å²) in [7, 11) is 0. The minimum Gasteiger partial charge on any atom is -0.456 e. The Morgan fingerprint density at radius 3 is 0.810 bits per heavy atom. The number of thiophene rings is 1. The molecule has 0 spiro atoms. The first-order valence-corrected chi connectivity index (χ1v) is 40.8. The molecule has 105 heavy (non-hydrogen) atoms. The van der Waals surface area contributed by atoms with E-state index in [-0.39, 0.29) is 5.41 Å². The number of rotatable bonds is 2. The number of nitrogens with zero attached hydrogens (tertiary/aromatic N) is 1. The van der Waals surface area contributed by atoms with Gasteiger partial charge in [-0.1, -0.05) is 466 Å². The highest BCUT2D eigenvalue weighted by atomic mass is 32.1. The van der Waals surface area contributed by atoms with Gasteiger partial charge in [-0.15, -0.1) is 11.3 Å². The quantitative estimate of drug-likeness (QED) is 0.169. The molecule has 0 aliphatic heterocycles. The highest BCUT2D eigenvalue weighted by molar-refractivity contribution is 7.25. The smallest absolute Gasteiger partial charge is 0.135 e. The van der Waals surface area contributed by atoms with Crippen molar-refractivity contribution >= 4 is 75.3 Å². The zero-order chi connectivity index (χ0) is 79.8. The Hall–Kier alpha value is -9.54. The topological polar surface area (TPSA) is 18.1 Å². The van der Waals surface area contributed by atoms with Crippen LogP contribution in [0.5, 0.6) is 0 Å². The van der Waals surface area contributed by atoms with Crippen molar-refractivity contribution in [2.45, 2.75) is 206 Å². The van der Waals surface area contributed by atoms with E-state index in [0.717, 1.165) is 11.2 Å². The van der Waals surface area contributed by atoms with Gasteiger partial charge in [0.2, 0.25) is 0 Å².